The summed E-state index contributed by atoms with van der Waals surface area (Å²) in [4.78, 5) is 28.2. The lowest BCUT2D eigenvalue weighted by Crippen LogP contribution is -2.49. The van der Waals surface area contributed by atoms with Crippen LogP contribution in [0.3, 0.4) is 0 Å². The number of halogens is 1. The summed E-state index contributed by atoms with van der Waals surface area (Å²) in [5.74, 6) is 0.226. The van der Waals surface area contributed by atoms with E-state index in [4.69, 9.17) is 11.6 Å². The molecular weight excluding hydrogens is 312 g/mol. The van der Waals surface area contributed by atoms with Crippen LogP contribution in [0.2, 0.25) is 5.02 Å². The molecule has 0 spiro atoms. The Morgan fingerprint density at radius 1 is 1.09 bits per heavy atom. The van der Waals surface area contributed by atoms with Gasteiger partial charge in [0.1, 0.15) is 5.78 Å². The molecule has 4 nitrogen and oxygen atoms in total. The normalized spacial score (nSPS) is 17.3. The molecule has 1 saturated heterocycles. The molecule has 5 heteroatoms. The monoisotopic (exact) mass is 336 g/mol. The lowest BCUT2D eigenvalue weighted by Gasteiger charge is -2.36. The van der Waals surface area contributed by atoms with Crippen LogP contribution in [0.1, 0.15) is 32.3 Å². The number of amides is 1. The molecule has 126 valence electrons. The average Bonchev–Trinajstić information content (AvgIpc) is 2.53. The predicted molar refractivity (Wildman–Crippen MR) is 92.7 cm³/mol. The van der Waals surface area contributed by atoms with Gasteiger partial charge < -0.3 is 4.90 Å². The Bertz CT molecular complexity index is 549. The molecule has 0 aliphatic carbocycles. The van der Waals surface area contributed by atoms with E-state index in [2.05, 4.69) is 4.90 Å². The van der Waals surface area contributed by atoms with Crippen molar-refractivity contribution in [3.63, 3.8) is 0 Å². The molecule has 1 fully saturated rings. The molecule has 1 heterocycles. The minimum atomic E-state index is -0.142. The van der Waals surface area contributed by atoms with E-state index >= 15 is 0 Å². The molecule has 0 N–H and O–H groups in total. The van der Waals surface area contributed by atoms with E-state index < -0.39 is 0 Å². The summed E-state index contributed by atoms with van der Waals surface area (Å²) < 4.78 is 0. The highest BCUT2D eigenvalue weighted by atomic mass is 35.5. The minimum absolute atomic E-state index is 0.00538. The number of Topliss-reactive ketones (excluding diaryl/α,β-unsaturated/α-hetero) is 1. The first-order chi connectivity index (χ1) is 10.9. The van der Waals surface area contributed by atoms with E-state index in [1.165, 1.54) is 0 Å². The summed E-state index contributed by atoms with van der Waals surface area (Å²) >= 11 is 5.96. The minimum Gasteiger partial charge on any atom is -0.340 e. The smallest absolute Gasteiger partial charge is 0.219 e. The largest absolute Gasteiger partial charge is 0.340 e. The van der Waals surface area contributed by atoms with Crippen LogP contribution in [0, 0.1) is 5.92 Å². The van der Waals surface area contributed by atoms with Gasteiger partial charge in [0.2, 0.25) is 5.91 Å². The van der Waals surface area contributed by atoms with Crippen molar-refractivity contribution in [1.29, 1.82) is 0 Å². The van der Waals surface area contributed by atoms with Crippen molar-refractivity contribution >= 4 is 23.3 Å². The van der Waals surface area contributed by atoms with Gasteiger partial charge in [-0.3, -0.25) is 14.5 Å². The zero-order valence-corrected chi connectivity index (χ0v) is 14.8. The first kappa shape index (κ1) is 18.0. The highest BCUT2D eigenvalue weighted by molar-refractivity contribution is 6.30. The van der Waals surface area contributed by atoms with Crippen LogP contribution < -0.4 is 0 Å². The first-order valence-electron chi connectivity index (χ1n) is 8.15. The molecule has 0 unspecified atom stereocenters. The second kappa shape index (κ2) is 7.93. The molecule has 1 amide bonds. The molecule has 1 aliphatic rings. The molecule has 1 aromatic carbocycles. The number of carbonyl (C=O) groups is 2. The fourth-order valence-electron chi connectivity index (χ4n) is 2.96. The Morgan fingerprint density at radius 2 is 1.65 bits per heavy atom. The van der Waals surface area contributed by atoms with Crippen LogP contribution in [0.5, 0.6) is 0 Å². The van der Waals surface area contributed by atoms with Crippen LogP contribution in [0.15, 0.2) is 24.3 Å². The summed E-state index contributed by atoms with van der Waals surface area (Å²) in [5, 5.41) is 0.680. The molecule has 1 aromatic rings. The molecule has 1 aliphatic heterocycles. The maximum Gasteiger partial charge on any atom is 0.219 e. The van der Waals surface area contributed by atoms with Crippen LogP contribution in [-0.2, 0) is 9.59 Å². The van der Waals surface area contributed by atoms with Gasteiger partial charge in [0.25, 0.3) is 0 Å². The van der Waals surface area contributed by atoms with Gasteiger partial charge in [0.05, 0.1) is 5.92 Å². The number of piperazine rings is 1. The van der Waals surface area contributed by atoms with Crippen LogP contribution >= 0.6 is 11.6 Å². The summed E-state index contributed by atoms with van der Waals surface area (Å²) in [6.07, 6.45) is 0. The van der Waals surface area contributed by atoms with Crippen molar-refractivity contribution in [2.45, 2.75) is 26.7 Å². The Hall–Kier alpha value is -1.39. The molecular formula is C18H25ClN2O2. The lowest BCUT2D eigenvalue weighted by atomic mass is 9.88. The Morgan fingerprint density at radius 3 is 2.13 bits per heavy atom. The third kappa shape index (κ3) is 4.79. The van der Waals surface area contributed by atoms with E-state index in [1.807, 2.05) is 43.0 Å². The van der Waals surface area contributed by atoms with Crippen molar-refractivity contribution in [1.82, 2.24) is 9.80 Å². The van der Waals surface area contributed by atoms with Crippen LogP contribution in [0.25, 0.3) is 0 Å². The SMILES string of the molecule is CC(=O)N1CCN(C[C@@H](C(=O)C(C)C)c2ccc(Cl)cc2)CC1. The van der Waals surface area contributed by atoms with Gasteiger partial charge in [-0.15, -0.1) is 0 Å². The van der Waals surface area contributed by atoms with Crippen LogP contribution in [0.4, 0.5) is 0 Å². The van der Waals surface area contributed by atoms with Gasteiger partial charge in [-0.05, 0) is 17.7 Å². The highest BCUT2D eigenvalue weighted by Crippen LogP contribution is 2.24. The van der Waals surface area contributed by atoms with Crippen molar-refractivity contribution in [3.8, 4) is 0 Å². The van der Waals surface area contributed by atoms with Gasteiger partial charge in [-0.25, -0.2) is 0 Å². The number of benzene rings is 1. The average molecular weight is 337 g/mol. The van der Waals surface area contributed by atoms with E-state index in [1.54, 1.807) is 6.92 Å². The van der Waals surface area contributed by atoms with E-state index in [-0.39, 0.29) is 23.5 Å². The number of nitrogens with zero attached hydrogens (tertiary/aromatic N) is 2. The van der Waals surface area contributed by atoms with Gasteiger partial charge >= 0.3 is 0 Å². The van der Waals surface area contributed by atoms with E-state index in [0.717, 1.165) is 31.7 Å². The van der Waals surface area contributed by atoms with Gasteiger partial charge in [-0.2, -0.15) is 0 Å². The molecule has 2 rings (SSSR count). The van der Waals surface area contributed by atoms with E-state index in [0.29, 0.717) is 11.6 Å². The molecule has 0 aromatic heterocycles. The third-order valence-electron chi connectivity index (χ3n) is 4.44. The Balaban J connectivity index is 2.08. The molecule has 0 radical (unpaired) electrons. The summed E-state index contributed by atoms with van der Waals surface area (Å²) in [5.41, 5.74) is 1.02. The van der Waals surface area contributed by atoms with Crippen molar-refractivity contribution < 1.29 is 9.59 Å². The van der Waals surface area contributed by atoms with Gasteiger partial charge in [0, 0.05) is 50.6 Å². The van der Waals surface area contributed by atoms with Gasteiger partial charge in [0.15, 0.2) is 0 Å². The molecule has 1 atom stereocenters. The second-order valence-electron chi connectivity index (χ2n) is 6.47. The number of carbonyl (C=O) groups excluding carboxylic acids is 2. The highest BCUT2D eigenvalue weighted by Gasteiger charge is 2.27. The fourth-order valence-corrected chi connectivity index (χ4v) is 3.09. The van der Waals surface area contributed by atoms with Crippen molar-refractivity contribution in [3.05, 3.63) is 34.9 Å². The summed E-state index contributed by atoms with van der Waals surface area (Å²) in [6.45, 7) is 9.29. The quantitative estimate of drug-likeness (QED) is 0.830. The van der Waals surface area contributed by atoms with Crippen LogP contribution in [-0.4, -0.2) is 54.2 Å². The Labute approximate surface area is 143 Å². The zero-order chi connectivity index (χ0) is 17.0. The predicted octanol–water partition coefficient (Wildman–Crippen LogP) is 2.81. The third-order valence-corrected chi connectivity index (χ3v) is 4.70. The fraction of sp³-hybridized carbons (Fsp3) is 0.556. The van der Waals surface area contributed by atoms with E-state index in [9.17, 15) is 9.59 Å². The molecule has 23 heavy (non-hydrogen) atoms. The Kier molecular flexibility index (Phi) is 6.19. The van der Waals surface area contributed by atoms with Crippen molar-refractivity contribution in [2.75, 3.05) is 32.7 Å². The summed E-state index contributed by atoms with van der Waals surface area (Å²) in [7, 11) is 0. The second-order valence-corrected chi connectivity index (χ2v) is 6.90. The summed E-state index contributed by atoms with van der Waals surface area (Å²) in [6, 6.07) is 7.56. The lowest BCUT2D eigenvalue weighted by molar-refractivity contribution is -0.131. The standard InChI is InChI=1S/C18H25ClN2O2/c1-13(2)18(23)17(15-4-6-16(19)7-5-15)12-20-8-10-21(11-9-20)14(3)22/h4-7,13,17H,8-12H2,1-3H3/t17-/m1/s1. The zero-order valence-electron chi connectivity index (χ0n) is 14.1. The number of hydrogen-bond donors (Lipinski definition) is 0. The topological polar surface area (TPSA) is 40.6 Å². The number of rotatable bonds is 5. The molecule has 0 bridgehead atoms. The molecule has 0 saturated carbocycles. The van der Waals surface area contributed by atoms with Crippen molar-refractivity contribution in [2.24, 2.45) is 5.92 Å². The first-order valence-corrected chi connectivity index (χ1v) is 8.53. The van der Waals surface area contributed by atoms with Gasteiger partial charge in [-0.1, -0.05) is 37.6 Å². The number of ketones is 1. The maximum atomic E-state index is 12.7. The number of hydrogen-bond acceptors (Lipinski definition) is 3. The maximum absolute atomic E-state index is 12.7.